The zero-order valence-corrected chi connectivity index (χ0v) is 9.62. The summed E-state index contributed by atoms with van der Waals surface area (Å²) >= 11 is 0. The average Bonchev–Trinajstić information content (AvgIpc) is 2.34. The van der Waals surface area contributed by atoms with Crippen LogP contribution in [0.25, 0.3) is 0 Å². The van der Waals surface area contributed by atoms with Crippen LogP contribution in [0.4, 0.5) is 5.69 Å². The summed E-state index contributed by atoms with van der Waals surface area (Å²) in [5, 5.41) is 5.68. The van der Waals surface area contributed by atoms with Crippen LogP contribution < -0.4 is 10.6 Å². The Kier molecular flexibility index (Phi) is 5.28. The van der Waals surface area contributed by atoms with E-state index in [1.807, 2.05) is 6.92 Å². The second-order valence-electron chi connectivity index (χ2n) is 3.13. The van der Waals surface area contributed by atoms with Gasteiger partial charge in [0.2, 0.25) is 0 Å². The van der Waals surface area contributed by atoms with Gasteiger partial charge in [-0.25, -0.2) is 0 Å². The first-order valence-corrected chi connectivity index (χ1v) is 5.27. The molecule has 88 valence electrons. The number of nitrogens with one attached hydrogen (secondary N) is 2. The number of ether oxygens (including phenoxy) is 1. The Bertz CT molecular complexity index is 342. The topological polar surface area (TPSA) is 63.2 Å². The highest BCUT2D eigenvalue weighted by Gasteiger charge is 2.06. The maximum absolute atomic E-state index is 11.6. The minimum Gasteiger partial charge on any atom is -0.388 e. The molecule has 0 aromatic carbocycles. The molecule has 5 heteroatoms. The van der Waals surface area contributed by atoms with Gasteiger partial charge in [0.25, 0.3) is 5.91 Å². The highest BCUT2D eigenvalue weighted by atomic mass is 16.5. The van der Waals surface area contributed by atoms with E-state index in [2.05, 4.69) is 15.6 Å². The molecule has 16 heavy (non-hydrogen) atoms. The number of nitrogens with zero attached hydrogens (tertiary/aromatic N) is 1. The summed E-state index contributed by atoms with van der Waals surface area (Å²) in [6.07, 6.45) is 1.60. The van der Waals surface area contributed by atoms with Crippen molar-refractivity contribution in [1.29, 1.82) is 0 Å². The van der Waals surface area contributed by atoms with Gasteiger partial charge in [-0.05, 0) is 19.1 Å². The molecule has 2 N–H and O–H groups in total. The smallest absolute Gasteiger partial charge is 0.270 e. The summed E-state index contributed by atoms with van der Waals surface area (Å²) in [5.41, 5.74) is 1.27. The van der Waals surface area contributed by atoms with Gasteiger partial charge >= 0.3 is 0 Å². The van der Waals surface area contributed by atoms with Crippen molar-refractivity contribution >= 4 is 11.6 Å². The first-order chi connectivity index (χ1) is 7.77. The molecule has 0 unspecified atom stereocenters. The number of hydrogen-bond donors (Lipinski definition) is 2. The van der Waals surface area contributed by atoms with E-state index >= 15 is 0 Å². The third-order valence-electron chi connectivity index (χ3n) is 2.02. The molecule has 1 heterocycles. The maximum Gasteiger partial charge on any atom is 0.270 e. The molecule has 1 aromatic heterocycles. The Balaban J connectivity index is 2.46. The van der Waals surface area contributed by atoms with E-state index < -0.39 is 0 Å². The highest BCUT2D eigenvalue weighted by molar-refractivity contribution is 5.93. The summed E-state index contributed by atoms with van der Waals surface area (Å²) < 4.78 is 5.12. The number of amides is 1. The summed E-state index contributed by atoms with van der Waals surface area (Å²) in [6, 6.07) is 3.51. The molecule has 0 saturated carbocycles. The SMILES string of the molecule is CCOCCNC(=O)c1cc(NC)ccn1. The van der Waals surface area contributed by atoms with Gasteiger partial charge in [0, 0.05) is 32.1 Å². The molecule has 0 atom stereocenters. The van der Waals surface area contributed by atoms with Crippen LogP contribution in [0.3, 0.4) is 0 Å². The molecular formula is C11H17N3O2. The fraction of sp³-hybridized carbons (Fsp3) is 0.455. The molecule has 0 aliphatic rings. The molecule has 0 bridgehead atoms. The van der Waals surface area contributed by atoms with E-state index in [0.29, 0.717) is 25.5 Å². The lowest BCUT2D eigenvalue weighted by Gasteiger charge is -2.06. The number of hydrogen-bond acceptors (Lipinski definition) is 4. The van der Waals surface area contributed by atoms with E-state index in [1.165, 1.54) is 0 Å². The minimum atomic E-state index is -0.184. The standard InChI is InChI=1S/C11H17N3O2/c1-3-16-7-6-14-11(15)10-8-9(12-2)4-5-13-10/h4-5,8H,3,6-7H2,1-2H3,(H,12,13)(H,14,15). The van der Waals surface area contributed by atoms with Crippen LogP contribution in [0.1, 0.15) is 17.4 Å². The summed E-state index contributed by atoms with van der Waals surface area (Å²) in [6.45, 7) is 3.59. The predicted molar refractivity (Wildman–Crippen MR) is 62.6 cm³/mol. The molecular weight excluding hydrogens is 206 g/mol. The van der Waals surface area contributed by atoms with Crippen molar-refractivity contribution < 1.29 is 9.53 Å². The molecule has 0 aliphatic carbocycles. The van der Waals surface area contributed by atoms with Crippen molar-refractivity contribution in [3.05, 3.63) is 24.0 Å². The summed E-state index contributed by atoms with van der Waals surface area (Å²) in [4.78, 5) is 15.6. The van der Waals surface area contributed by atoms with Crippen LogP contribution in [-0.4, -0.2) is 37.7 Å². The zero-order chi connectivity index (χ0) is 11.8. The van der Waals surface area contributed by atoms with Gasteiger partial charge in [-0.3, -0.25) is 9.78 Å². The van der Waals surface area contributed by atoms with E-state index in [9.17, 15) is 4.79 Å². The first kappa shape index (κ1) is 12.4. The van der Waals surface area contributed by atoms with Gasteiger partial charge in [-0.2, -0.15) is 0 Å². The zero-order valence-electron chi connectivity index (χ0n) is 9.62. The van der Waals surface area contributed by atoms with E-state index in [0.717, 1.165) is 5.69 Å². The highest BCUT2D eigenvalue weighted by Crippen LogP contribution is 2.06. The van der Waals surface area contributed by atoms with Crippen LogP contribution in [0.2, 0.25) is 0 Å². The Morgan fingerprint density at radius 2 is 2.38 bits per heavy atom. The van der Waals surface area contributed by atoms with Gasteiger partial charge in [-0.15, -0.1) is 0 Å². The lowest BCUT2D eigenvalue weighted by atomic mass is 10.3. The quantitative estimate of drug-likeness (QED) is 0.703. The van der Waals surface area contributed by atoms with E-state index in [1.54, 1.807) is 25.4 Å². The Morgan fingerprint density at radius 3 is 3.06 bits per heavy atom. The molecule has 0 fully saturated rings. The average molecular weight is 223 g/mol. The van der Waals surface area contributed by atoms with Crippen LogP contribution in [0.5, 0.6) is 0 Å². The lowest BCUT2D eigenvalue weighted by molar-refractivity contribution is 0.0918. The van der Waals surface area contributed by atoms with Crippen molar-refractivity contribution in [3.63, 3.8) is 0 Å². The molecule has 0 aliphatic heterocycles. The predicted octanol–water partition coefficient (Wildman–Crippen LogP) is 0.890. The molecule has 1 amide bonds. The number of aromatic nitrogens is 1. The second kappa shape index (κ2) is 6.79. The normalized spacial score (nSPS) is 9.88. The van der Waals surface area contributed by atoms with Crippen molar-refractivity contribution in [1.82, 2.24) is 10.3 Å². The fourth-order valence-corrected chi connectivity index (χ4v) is 1.18. The number of rotatable bonds is 6. The number of anilines is 1. The lowest BCUT2D eigenvalue weighted by Crippen LogP contribution is -2.28. The van der Waals surface area contributed by atoms with Crippen molar-refractivity contribution in [2.45, 2.75) is 6.92 Å². The Labute approximate surface area is 95.2 Å². The van der Waals surface area contributed by atoms with Gasteiger partial charge < -0.3 is 15.4 Å². The second-order valence-corrected chi connectivity index (χ2v) is 3.13. The maximum atomic E-state index is 11.6. The fourth-order valence-electron chi connectivity index (χ4n) is 1.18. The van der Waals surface area contributed by atoms with Crippen molar-refractivity contribution in [3.8, 4) is 0 Å². The monoisotopic (exact) mass is 223 g/mol. The van der Waals surface area contributed by atoms with E-state index in [4.69, 9.17) is 4.74 Å². The molecule has 0 radical (unpaired) electrons. The van der Waals surface area contributed by atoms with Crippen LogP contribution >= 0.6 is 0 Å². The Hall–Kier alpha value is -1.62. The van der Waals surface area contributed by atoms with Crippen molar-refractivity contribution in [2.24, 2.45) is 0 Å². The van der Waals surface area contributed by atoms with Crippen LogP contribution in [-0.2, 0) is 4.74 Å². The van der Waals surface area contributed by atoms with Gasteiger partial charge in [0.05, 0.1) is 6.61 Å². The summed E-state index contributed by atoms with van der Waals surface area (Å²) in [5.74, 6) is -0.184. The first-order valence-electron chi connectivity index (χ1n) is 5.27. The third-order valence-corrected chi connectivity index (χ3v) is 2.02. The van der Waals surface area contributed by atoms with Gasteiger partial charge in [0.15, 0.2) is 0 Å². The third kappa shape index (κ3) is 3.86. The molecule has 0 saturated heterocycles. The van der Waals surface area contributed by atoms with Crippen molar-refractivity contribution in [2.75, 3.05) is 32.1 Å². The van der Waals surface area contributed by atoms with E-state index in [-0.39, 0.29) is 5.91 Å². The summed E-state index contributed by atoms with van der Waals surface area (Å²) in [7, 11) is 1.80. The number of carbonyl (C=O) groups excluding carboxylic acids is 1. The van der Waals surface area contributed by atoms with Crippen LogP contribution in [0, 0.1) is 0 Å². The minimum absolute atomic E-state index is 0.184. The molecule has 5 nitrogen and oxygen atoms in total. The van der Waals surface area contributed by atoms with Gasteiger partial charge in [-0.1, -0.05) is 0 Å². The Morgan fingerprint density at radius 1 is 1.56 bits per heavy atom. The largest absolute Gasteiger partial charge is 0.388 e. The van der Waals surface area contributed by atoms with Crippen LogP contribution in [0.15, 0.2) is 18.3 Å². The molecule has 1 rings (SSSR count). The molecule has 1 aromatic rings. The number of carbonyl (C=O) groups is 1. The molecule has 0 spiro atoms. The number of pyridine rings is 1. The van der Waals surface area contributed by atoms with Gasteiger partial charge in [0.1, 0.15) is 5.69 Å².